The molecular weight excluding hydrogens is 241 g/mol. The van der Waals surface area contributed by atoms with Crippen molar-refractivity contribution < 1.29 is 20.1 Å². The Hall–Kier alpha value is 0.319. The SMILES string of the molecule is CC1([Se])O[C@H](CO)[C@H](O)[C@H](O)[C@H]1N. The van der Waals surface area contributed by atoms with Gasteiger partial charge in [0.25, 0.3) is 0 Å². The molecule has 5 N–H and O–H groups in total. The molecule has 1 aliphatic rings. The molecule has 6 heteroatoms. The van der Waals surface area contributed by atoms with E-state index >= 15 is 0 Å². The quantitative estimate of drug-likeness (QED) is 0.383. The van der Waals surface area contributed by atoms with E-state index in [9.17, 15) is 10.2 Å². The summed E-state index contributed by atoms with van der Waals surface area (Å²) < 4.78 is 4.42. The molecule has 1 rings (SSSR count). The van der Waals surface area contributed by atoms with Crippen molar-refractivity contribution in [3.05, 3.63) is 0 Å². The van der Waals surface area contributed by atoms with Crippen LogP contribution in [0.25, 0.3) is 0 Å². The summed E-state index contributed by atoms with van der Waals surface area (Å²) >= 11 is 2.69. The van der Waals surface area contributed by atoms with Crippen LogP contribution in [0.3, 0.4) is 0 Å². The van der Waals surface area contributed by atoms with Crippen LogP contribution < -0.4 is 5.73 Å². The van der Waals surface area contributed by atoms with Gasteiger partial charge < -0.3 is 0 Å². The molecule has 1 aliphatic heterocycles. The summed E-state index contributed by atoms with van der Waals surface area (Å²) in [5.41, 5.74) is 5.62. The number of aliphatic hydroxyl groups is 3. The number of ether oxygens (including phenoxy) is 1. The van der Waals surface area contributed by atoms with Crippen molar-refractivity contribution in [3.8, 4) is 0 Å². The Balaban J connectivity index is 2.79. The second-order valence-electron chi connectivity index (χ2n) is 3.36. The van der Waals surface area contributed by atoms with Crippen LogP contribution in [-0.2, 0) is 4.74 Å². The Morgan fingerprint density at radius 2 is 2.00 bits per heavy atom. The van der Waals surface area contributed by atoms with E-state index in [-0.39, 0.29) is 6.61 Å². The van der Waals surface area contributed by atoms with Crippen molar-refractivity contribution in [1.29, 1.82) is 0 Å². The number of aliphatic hydroxyl groups excluding tert-OH is 3. The Kier molecular flexibility index (Phi) is 3.35. The fraction of sp³-hybridized carbons (Fsp3) is 1.00. The Bertz CT molecular complexity index is 187. The average molecular weight is 255 g/mol. The van der Waals surface area contributed by atoms with E-state index in [0.717, 1.165) is 0 Å². The molecule has 77 valence electrons. The van der Waals surface area contributed by atoms with Gasteiger partial charge in [-0.3, -0.25) is 0 Å². The normalized spacial score (nSPS) is 52.2. The van der Waals surface area contributed by atoms with Gasteiger partial charge in [-0.15, -0.1) is 0 Å². The maximum atomic E-state index is 9.50. The van der Waals surface area contributed by atoms with Crippen LogP contribution in [0.5, 0.6) is 0 Å². The van der Waals surface area contributed by atoms with Crippen molar-refractivity contribution in [1.82, 2.24) is 0 Å². The number of hydrogen-bond donors (Lipinski definition) is 4. The Labute approximate surface area is 84.7 Å². The molecule has 5 nitrogen and oxygen atoms in total. The van der Waals surface area contributed by atoms with Crippen LogP contribution in [0.4, 0.5) is 0 Å². The van der Waals surface area contributed by atoms with Gasteiger partial charge in [-0.1, -0.05) is 0 Å². The molecule has 1 radical (unpaired) electrons. The summed E-state index contributed by atoms with van der Waals surface area (Å²) in [6, 6.07) is -0.703. The molecule has 0 bridgehead atoms. The zero-order chi connectivity index (χ0) is 10.2. The number of rotatable bonds is 1. The van der Waals surface area contributed by atoms with Crippen molar-refractivity contribution >= 4 is 16.0 Å². The van der Waals surface area contributed by atoms with Crippen LogP contribution in [0.15, 0.2) is 0 Å². The van der Waals surface area contributed by atoms with Gasteiger partial charge in [-0.25, -0.2) is 0 Å². The fourth-order valence-electron chi connectivity index (χ4n) is 1.34. The van der Waals surface area contributed by atoms with Gasteiger partial charge >= 0.3 is 84.2 Å². The summed E-state index contributed by atoms with van der Waals surface area (Å²) in [4.78, 5) is 0. The molecule has 0 amide bonds. The number of hydrogen-bond acceptors (Lipinski definition) is 5. The van der Waals surface area contributed by atoms with Crippen LogP contribution in [0.1, 0.15) is 6.92 Å². The minimum atomic E-state index is -1.14. The molecule has 0 aliphatic carbocycles. The third-order valence-corrected chi connectivity index (χ3v) is 3.04. The van der Waals surface area contributed by atoms with E-state index in [1.54, 1.807) is 6.92 Å². The molecule has 1 saturated heterocycles. The monoisotopic (exact) mass is 256 g/mol. The van der Waals surface area contributed by atoms with Gasteiger partial charge in [0.1, 0.15) is 0 Å². The first-order valence-electron chi connectivity index (χ1n) is 4.01. The first-order chi connectivity index (χ1) is 5.90. The maximum absolute atomic E-state index is 9.50. The Morgan fingerprint density at radius 3 is 2.46 bits per heavy atom. The van der Waals surface area contributed by atoms with Gasteiger partial charge in [0.05, 0.1) is 0 Å². The molecule has 0 aromatic heterocycles. The van der Waals surface area contributed by atoms with E-state index in [2.05, 4.69) is 16.0 Å². The Morgan fingerprint density at radius 1 is 1.46 bits per heavy atom. The second-order valence-corrected chi connectivity index (χ2v) is 5.06. The molecule has 0 spiro atoms. The summed E-state index contributed by atoms with van der Waals surface area (Å²) in [5, 5.41) is 27.8. The molecular formula is C7H14NO4Se. The van der Waals surface area contributed by atoms with Gasteiger partial charge in [0.15, 0.2) is 0 Å². The zero-order valence-electron chi connectivity index (χ0n) is 7.25. The number of nitrogens with two attached hydrogens (primary N) is 1. The predicted octanol–water partition coefficient (Wildman–Crippen LogP) is -2.69. The first kappa shape index (κ1) is 11.4. The summed E-state index contributed by atoms with van der Waals surface area (Å²) in [7, 11) is 0. The van der Waals surface area contributed by atoms with Crippen LogP contribution in [0, 0.1) is 0 Å². The predicted molar refractivity (Wildman–Crippen MR) is 46.1 cm³/mol. The van der Waals surface area contributed by atoms with Crippen LogP contribution in [0.2, 0.25) is 0 Å². The average Bonchev–Trinajstić information content (AvgIpc) is 2.08. The van der Waals surface area contributed by atoms with Gasteiger partial charge in [-0.05, 0) is 0 Å². The zero-order valence-corrected chi connectivity index (χ0v) is 8.97. The summed E-state index contributed by atoms with van der Waals surface area (Å²) in [5.74, 6) is 0. The van der Waals surface area contributed by atoms with Crippen molar-refractivity contribution in [2.45, 2.75) is 35.8 Å². The third kappa shape index (κ3) is 2.05. The topological polar surface area (TPSA) is 95.9 Å². The second kappa shape index (κ2) is 3.82. The van der Waals surface area contributed by atoms with Gasteiger partial charge in [0, 0.05) is 0 Å². The molecule has 0 aromatic carbocycles. The third-order valence-electron chi connectivity index (χ3n) is 2.27. The molecule has 1 fully saturated rings. The van der Waals surface area contributed by atoms with Crippen LogP contribution >= 0.6 is 0 Å². The van der Waals surface area contributed by atoms with Crippen molar-refractivity contribution in [2.75, 3.05) is 6.61 Å². The molecule has 1 heterocycles. The molecule has 0 aromatic rings. The molecule has 5 atom stereocenters. The molecule has 1 unspecified atom stereocenters. The minimum absolute atomic E-state index is 0.345. The van der Waals surface area contributed by atoms with Gasteiger partial charge in [-0.2, -0.15) is 0 Å². The van der Waals surface area contributed by atoms with Crippen molar-refractivity contribution in [2.24, 2.45) is 5.73 Å². The summed E-state index contributed by atoms with van der Waals surface area (Å²) in [6.07, 6.45) is -3.01. The van der Waals surface area contributed by atoms with E-state index in [1.807, 2.05) is 0 Å². The van der Waals surface area contributed by atoms with Gasteiger partial charge in [0.2, 0.25) is 0 Å². The molecule has 13 heavy (non-hydrogen) atoms. The summed E-state index contributed by atoms with van der Waals surface area (Å²) in [6.45, 7) is 1.32. The van der Waals surface area contributed by atoms with Crippen molar-refractivity contribution in [3.63, 3.8) is 0 Å². The van der Waals surface area contributed by atoms with E-state index < -0.39 is 28.9 Å². The van der Waals surface area contributed by atoms with Crippen LogP contribution in [-0.4, -0.2) is 66.8 Å². The van der Waals surface area contributed by atoms with E-state index in [1.165, 1.54) is 0 Å². The first-order valence-corrected chi connectivity index (χ1v) is 4.86. The fourth-order valence-corrected chi connectivity index (χ4v) is 1.89. The standard InChI is InChI=1S/C7H14NO4Se/c1-7(13)6(8)5(11)4(10)3(2-9)12-7/h3-6,9-11H,2,8H2,1H3/t3-,4+,5+,6-,7?/m1/s1. The van der Waals surface area contributed by atoms with E-state index in [4.69, 9.17) is 15.6 Å². The molecule has 0 saturated carbocycles. The van der Waals surface area contributed by atoms with E-state index in [0.29, 0.717) is 0 Å².